The molecule has 2 atom stereocenters. The number of benzene rings is 2. The van der Waals surface area contributed by atoms with E-state index in [1.165, 1.54) is 0 Å². The fourth-order valence-corrected chi connectivity index (χ4v) is 6.88. The number of rotatable bonds is 7. The van der Waals surface area contributed by atoms with Gasteiger partial charge in [-0.25, -0.2) is 0 Å². The molecule has 0 saturated carbocycles. The molecule has 116 valence electrons. The predicted octanol–water partition coefficient (Wildman–Crippen LogP) is 3.74. The number of unbranched alkanes of at least 4 members (excludes halogenated alkanes) is 2. The summed E-state index contributed by atoms with van der Waals surface area (Å²) in [7, 11) is -1.35. The Kier molecular flexibility index (Phi) is 6.91. The van der Waals surface area contributed by atoms with Crippen LogP contribution in [0.25, 0.3) is 0 Å². The molecule has 0 spiro atoms. The molecule has 0 fully saturated rings. The molecule has 2 unspecified atom stereocenters. The Labute approximate surface area is 138 Å². The third kappa shape index (κ3) is 4.57. The zero-order valence-electron chi connectivity index (χ0n) is 12.6. The van der Waals surface area contributed by atoms with Crippen molar-refractivity contribution in [3.8, 4) is 0 Å². The molecule has 2 aromatic carbocycles. The molecule has 0 aromatic heterocycles. The van der Waals surface area contributed by atoms with E-state index in [9.17, 15) is 8.04 Å². The van der Waals surface area contributed by atoms with Crippen LogP contribution in [0.5, 0.6) is 0 Å². The number of allylic oxidation sites excluding steroid dienone is 1. The summed E-state index contributed by atoms with van der Waals surface area (Å²) in [5.41, 5.74) is 0. The van der Waals surface area contributed by atoms with Gasteiger partial charge >= 0.3 is 139 Å². The maximum absolute atomic E-state index is 12.9. The predicted molar refractivity (Wildman–Crippen MR) is 93.0 cm³/mol. The van der Waals surface area contributed by atoms with E-state index in [2.05, 4.69) is 6.92 Å². The first-order chi connectivity index (χ1) is 10.7. The molecule has 22 heavy (non-hydrogen) atoms. The molecule has 2 nitrogen and oxygen atoms in total. The van der Waals surface area contributed by atoms with Crippen LogP contribution in [0.4, 0.5) is 0 Å². The summed E-state index contributed by atoms with van der Waals surface area (Å²) >= 11 is -2.48. The third-order valence-corrected chi connectivity index (χ3v) is 8.71. The van der Waals surface area contributed by atoms with Crippen molar-refractivity contribution in [3.63, 3.8) is 0 Å². The van der Waals surface area contributed by atoms with Gasteiger partial charge in [-0.05, 0) is 0 Å². The summed E-state index contributed by atoms with van der Waals surface area (Å²) in [5, 5.41) is 0. The van der Waals surface area contributed by atoms with Gasteiger partial charge in [0.15, 0.2) is 0 Å². The van der Waals surface area contributed by atoms with Crippen molar-refractivity contribution in [3.05, 3.63) is 70.5 Å². The maximum atomic E-state index is 12.9. The Bertz CT molecular complexity index is 613. The molecule has 0 N–H and O–H groups in total. The zero-order chi connectivity index (χ0) is 15.8. The Morgan fingerprint density at radius 1 is 1.05 bits per heavy atom. The average Bonchev–Trinajstić information content (AvgIpc) is 2.59. The first-order valence-corrected chi connectivity index (χ1v) is 10.9. The molecule has 0 heterocycles. The van der Waals surface area contributed by atoms with E-state index in [4.69, 9.17) is 0 Å². The monoisotopic (exact) mass is 380 g/mol. The van der Waals surface area contributed by atoms with Crippen molar-refractivity contribution in [2.24, 2.45) is 0 Å². The molecular formula is C18H20O2SSe. The molecule has 2 aromatic rings. The molecule has 0 aliphatic heterocycles. The van der Waals surface area contributed by atoms with Crippen molar-refractivity contribution in [1.82, 2.24) is 0 Å². The molecule has 2 rings (SSSR count). The zero-order valence-corrected chi connectivity index (χ0v) is 15.1. The van der Waals surface area contributed by atoms with Gasteiger partial charge in [-0.1, -0.05) is 0 Å². The van der Waals surface area contributed by atoms with E-state index < -0.39 is 24.6 Å². The number of hydrogen-bond donors (Lipinski definition) is 0. The van der Waals surface area contributed by atoms with Gasteiger partial charge in [0.05, 0.1) is 0 Å². The van der Waals surface area contributed by atoms with Gasteiger partial charge in [-0.3, -0.25) is 0 Å². The van der Waals surface area contributed by atoms with E-state index in [-0.39, 0.29) is 0 Å². The fourth-order valence-electron chi connectivity index (χ4n) is 1.96. The first-order valence-electron chi connectivity index (χ1n) is 7.38. The average molecular weight is 379 g/mol. The molecule has 0 saturated heterocycles. The summed E-state index contributed by atoms with van der Waals surface area (Å²) in [6, 6.07) is 18.6. The Morgan fingerprint density at radius 3 is 2.23 bits per heavy atom. The van der Waals surface area contributed by atoms with Gasteiger partial charge in [0.1, 0.15) is 0 Å². The number of hydrogen-bond acceptors (Lipinski definition) is 2. The Balaban J connectivity index is 2.33. The summed E-state index contributed by atoms with van der Waals surface area (Å²) in [4.78, 5) is 0.714. The third-order valence-electron chi connectivity index (χ3n) is 3.15. The molecule has 0 aliphatic carbocycles. The van der Waals surface area contributed by atoms with Crippen LogP contribution in [-0.4, -0.2) is 18.0 Å². The van der Waals surface area contributed by atoms with Crippen LogP contribution in [0.2, 0.25) is 0 Å². The Hall–Kier alpha value is -1.35. The molecule has 0 bridgehead atoms. The quantitative estimate of drug-likeness (QED) is 0.543. The van der Waals surface area contributed by atoms with E-state index in [1.54, 1.807) is 0 Å². The normalized spacial score (nSPS) is 14.5. The van der Waals surface area contributed by atoms with E-state index in [0.717, 1.165) is 23.7 Å². The van der Waals surface area contributed by atoms with Crippen molar-refractivity contribution in [2.75, 3.05) is 0 Å². The second-order valence-electron chi connectivity index (χ2n) is 4.83. The first kappa shape index (κ1) is 17.0. The minimum absolute atomic E-state index is 0.589. The van der Waals surface area contributed by atoms with Crippen LogP contribution in [-0.2, 0) is 14.6 Å². The topological polar surface area (TPSA) is 34.1 Å². The van der Waals surface area contributed by atoms with Gasteiger partial charge in [-0.2, -0.15) is 0 Å². The van der Waals surface area contributed by atoms with Crippen LogP contribution in [0, 0.1) is 0 Å². The summed E-state index contributed by atoms with van der Waals surface area (Å²) in [5.74, 6) is 0. The SMILES string of the molecule is CCCC/C=C(/S(=O)c1ccccc1)[Se](=O)c1ccccc1. The van der Waals surface area contributed by atoms with Gasteiger partial charge in [0, 0.05) is 0 Å². The van der Waals surface area contributed by atoms with Crippen molar-refractivity contribution in [2.45, 2.75) is 31.1 Å². The van der Waals surface area contributed by atoms with E-state index >= 15 is 0 Å². The molecule has 4 heteroatoms. The molecule has 0 aliphatic rings. The van der Waals surface area contributed by atoms with E-state index in [1.807, 2.05) is 66.7 Å². The van der Waals surface area contributed by atoms with E-state index in [0.29, 0.717) is 8.70 Å². The van der Waals surface area contributed by atoms with Crippen LogP contribution in [0.3, 0.4) is 0 Å². The van der Waals surface area contributed by atoms with Gasteiger partial charge in [0.2, 0.25) is 0 Å². The van der Waals surface area contributed by atoms with Crippen LogP contribution >= 0.6 is 0 Å². The van der Waals surface area contributed by atoms with Crippen LogP contribution < -0.4 is 4.46 Å². The summed E-state index contributed by atoms with van der Waals surface area (Å²) in [6.07, 6.45) is 4.83. The van der Waals surface area contributed by atoms with Gasteiger partial charge in [-0.15, -0.1) is 0 Å². The second kappa shape index (κ2) is 8.94. The minimum atomic E-state index is -2.48. The van der Waals surface area contributed by atoms with Gasteiger partial charge in [0.25, 0.3) is 0 Å². The van der Waals surface area contributed by atoms with Crippen molar-refractivity contribution < 1.29 is 8.04 Å². The van der Waals surface area contributed by atoms with Gasteiger partial charge < -0.3 is 0 Å². The Morgan fingerprint density at radius 2 is 1.64 bits per heavy atom. The van der Waals surface area contributed by atoms with Crippen LogP contribution in [0.1, 0.15) is 26.2 Å². The van der Waals surface area contributed by atoms with Crippen LogP contribution in [0.15, 0.2) is 75.4 Å². The van der Waals surface area contributed by atoms with Crippen molar-refractivity contribution >= 4 is 29.1 Å². The molecule has 0 amide bonds. The fraction of sp³-hybridized carbons (Fsp3) is 0.222. The molecule has 0 radical (unpaired) electrons. The second-order valence-corrected chi connectivity index (χ2v) is 9.90. The van der Waals surface area contributed by atoms with Crippen molar-refractivity contribution in [1.29, 1.82) is 0 Å². The summed E-state index contributed by atoms with van der Waals surface area (Å²) in [6.45, 7) is 2.11. The summed E-state index contributed by atoms with van der Waals surface area (Å²) < 4.78 is 27.1. The standard InChI is InChI=1S/C18H20O2SSe/c1-2-3-6-15-18(21(19)16-11-7-4-8-12-16)22(20)17-13-9-5-10-14-17/h4-5,7-15H,2-3,6H2,1H3/b18-15-. The molecular weight excluding hydrogens is 359 g/mol.